The normalized spacial score (nSPS) is 11.7. The number of urea groups is 1. The average Bonchev–Trinajstić information content (AvgIpc) is 3.39. The standard InChI is InChI=1S/C27H26F3N5O4S/c1-4-31-26(39)34-22-10-17(24-33-21(13-40-24)27(28,29)30)18(11-32-22)15-5-6-16-20(9-15)35(8-7-14(2)3)12-19(23(16)36)25(37)38/h5-6,9-14H,4,7-8H2,1-3H3,(H,37,38)(H2,31,32,34,39). The molecule has 0 saturated carbocycles. The first kappa shape index (κ1) is 28.7. The number of carbonyl (C=O) groups is 2. The minimum atomic E-state index is -4.64. The molecule has 0 aliphatic carbocycles. The quantitative estimate of drug-likeness (QED) is 0.234. The van der Waals surface area contributed by atoms with E-state index in [0.717, 1.165) is 16.7 Å². The lowest BCUT2D eigenvalue weighted by molar-refractivity contribution is -0.140. The van der Waals surface area contributed by atoms with E-state index in [4.69, 9.17) is 0 Å². The van der Waals surface area contributed by atoms with Crippen molar-refractivity contribution < 1.29 is 27.9 Å². The van der Waals surface area contributed by atoms with Gasteiger partial charge in [0.1, 0.15) is 16.4 Å². The molecule has 0 radical (unpaired) electrons. The molecule has 2 amide bonds. The van der Waals surface area contributed by atoms with Crippen LogP contribution in [0, 0.1) is 5.92 Å². The minimum absolute atomic E-state index is 0.0576. The lowest BCUT2D eigenvalue weighted by atomic mass is 9.99. The molecule has 0 aliphatic heterocycles. The summed E-state index contributed by atoms with van der Waals surface area (Å²) in [5.41, 5.74) is -0.339. The highest BCUT2D eigenvalue weighted by molar-refractivity contribution is 7.13. The first-order valence-electron chi connectivity index (χ1n) is 12.4. The number of pyridine rings is 2. The molecule has 0 unspecified atom stereocenters. The Hall–Kier alpha value is -4.26. The highest BCUT2D eigenvalue weighted by atomic mass is 32.1. The van der Waals surface area contributed by atoms with Gasteiger partial charge in [-0.3, -0.25) is 10.1 Å². The van der Waals surface area contributed by atoms with Crippen molar-refractivity contribution >= 4 is 40.1 Å². The van der Waals surface area contributed by atoms with E-state index in [9.17, 15) is 32.7 Å². The fourth-order valence-electron chi connectivity index (χ4n) is 4.07. The number of alkyl halides is 3. The molecule has 0 fully saturated rings. The molecule has 13 heteroatoms. The smallest absolute Gasteiger partial charge is 0.434 e. The number of fused-ring (bicyclic) bond motifs is 1. The van der Waals surface area contributed by atoms with Crippen LogP contribution in [0.2, 0.25) is 0 Å². The van der Waals surface area contributed by atoms with E-state index in [0.29, 0.717) is 47.6 Å². The number of hydrogen-bond donors (Lipinski definition) is 3. The van der Waals surface area contributed by atoms with Gasteiger partial charge in [-0.25, -0.2) is 19.6 Å². The lowest BCUT2D eigenvalue weighted by Crippen LogP contribution is -2.28. The molecule has 210 valence electrons. The molecule has 4 rings (SSSR count). The van der Waals surface area contributed by atoms with Crippen molar-refractivity contribution in [1.82, 2.24) is 19.9 Å². The second-order valence-corrected chi connectivity index (χ2v) is 10.3. The minimum Gasteiger partial charge on any atom is -0.477 e. The summed E-state index contributed by atoms with van der Waals surface area (Å²) < 4.78 is 41.7. The zero-order valence-electron chi connectivity index (χ0n) is 21.8. The maximum atomic E-state index is 13.3. The average molecular weight is 574 g/mol. The van der Waals surface area contributed by atoms with Crippen molar-refractivity contribution in [2.24, 2.45) is 5.92 Å². The monoisotopic (exact) mass is 573 g/mol. The molecule has 3 aromatic heterocycles. The number of carboxylic acids is 1. The number of carbonyl (C=O) groups excluding carboxylic acids is 1. The van der Waals surface area contributed by atoms with E-state index < -0.39 is 29.3 Å². The summed E-state index contributed by atoms with van der Waals surface area (Å²) in [5, 5.41) is 15.8. The third-order valence-electron chi connectivity index (χ3n) is 6.08. The van der Waals surface area contributed by atoms with E-state index in [-0.39, 0.29) is 21.8 Å². The number of aromatic carboxylic acids is 1. The predicted molar refractivity (Wildman–Crippen MR) is 147 cm³/mol. The summed E-state index contributed by atoms with van der Waals surface area (Å²) in [6.07, 6.45) is -1.20. The highest BCUT2D eigenvalue weighted by Gasteiger charge is 2.34. The Kier molecular flexibility index (Phi) is 8.24. The summed E-state index contributed by atoms with van der Waals surface area (Å²) in [4.78, 5) is 44.8. The van der Waals surface area contributed by atoms with Crippen LogP contribution in [-0.4, -0.2) is 38.2 Å². The zero-order valence-corrected chi connectivity index (χ0v) is 22.6. The van der Waals surface area contributed by atoms with Gasteiger partial charge in [0.25, 0.3) is 0 Å². The number of nitrogens with zero attached hydrogens (tertiary/aromatic N) is 3. The van der Waals surface area contributed by atoms with Gasteiger partial charge in [0.05, 0.1) is 5.52 Å². The number of benzene rings is 1. The number of anilines is 1. The fourth-order valence-corrected chi connectivity index (χ4v) is 4.93. The number of aromatic nitrogens is 3. The predicted octanol–water partition coefficient (Wildman–Crippen LogP) is 6.09. The number of rotatable bonds is 8. The van der Waals surface area contributed by atoms with Gasteiger partial charge in [0.2, 0.25) is 5.43 Å². The molecule has 0 bridgehead atoms. The number of nitrogens with one attached hydrogen (secondary N) is 2. The van der Waals surface area contributed by atoms with E-state index >= 15 is 0 Å². The van der Waals surface area contributed by atoms with Gasteiger partial charge in [-0.1, -0.05) is 19.9 Å². The van der Waals surface area contributed by atoms with Gasteiger partial charge in [-0.2, -0.15) is 13.2 Å². The van der Waals surface area contributed by atoms with E-state index in [1.54, 1.807) is 23.6 Å². The van der Waals surface area contributed by atoms with E-state index in [1.807, 2.05) is 13.8 Å². The van der Waals surface area contributed by atoms with Crippen molar-refractivity contribution in [3.8, 4) is 21.7 Å². The summed E-state index contributed by atoms with van der Waals surface area (Å²) in [7, 11) is 0. The Balaban J connectivity index is 1.91. The summed E-state index contributed by atoms with van der Waals surface area (Å²) in [6, 6.07) is 5.67. The Morgan fingerprint density at radius 2 is 1.93 bits per heavy atom. The SMILES string of the molecule is CCNC(=O)Nc1cc(-c2nc(C(F)(F)F)cs2)c(-c2ccc3c(=O)c(C(=O)O)cn(CCC(C)C)c3c2)cn1. The van der Waals surface area contributed by atoms with Crippen molar-refractivity contribution in [3.05, 3.63) is 63.5 Å². The zero-order chi connectivity index (χ0) is 29.2. The molecule has 0 aliphatic rings. The van der Waals surface area contributed by atoms with Gasteiger partial charge in [0, 0.05) is 47.4 Å². The van der Waals surface area contributed by atoms with Crippen LogP contribution in [0.5, 0.6) is 0 Å². The number of halogens is 3. The van der Waals surface area contributed by atoms with Gasteiger partial charge in [-0.15, -0.1) is 11.3 Å². The second-order valence-electron chi connectivity index (χ2n) is 9.42. The van der Waals surface area contributed by atoms with Crippen molar-refractivity contribution in [3.63, 3.8) is 0 Å². The van der Waals surface area contributed by atoms with Crippen LogP contribution in [0.3, 0.4) is 0 Å². The number of amides is 2. The van der Waals surface area contributed by atoms with Crippen LogP contribution in [0.1, 0.15) is 43.2 Å². The topological polar surface area (TPSA) is 126 Å². The van der Waals surface area contributed by atoms with Crippen LogP contribution in [0.4, 0.5) is 23.8 Å². The third-order valence-corrected chi connectivity index (χ3v) is 6.95. The first-order valence-corrected chi connectivity index (χ1v) is 13.3. The highest BCUT2D eigenvalue weighted by Crippen LogP contribution is 2.39. The fraction of sp³-hybridized carbons (Fsp3) is 0.296. The Labute approximate surface area is 230 Å². The second kappa shape index (κ2) is 11.5. The molecule has 1 aromatic carbocycles. The molecular weight excluding hydrogens is 547 g/mol. The molecule has 0 saturated heterocycles. The molecular formula is C27H26F3N5O4S. The lowest BCUT2D eigenvalue weighted by Gasteiger charge is -2.16. The van der Waals surface area contributed by atoms with Crippen LogP contribution in [-0.2, 0) is 12.7 Å². The number of carboxylic acid groups (broad SMARTS) is 1. The number of hydrogen-bond acceptors (Lipinski definition) is 6. The van der Waals surface area contributed by atoms with Gasteiger partial charge >= 0.3 is 18.2 Å². The molecule has 40 heavy (non-hydrogen) atoms. The largest absolute Gasteiger partial charge is 0.477 e. The van der Waals surface area contributed by atoms with Crippen LogP contribution < -0.4 is 16.1 Å². The van der Waals surface area contributed by atoms with E-state index in [2.05, 4.69) is 20.6 Å². The molecule has 0 atom stereocenters. The molecule has 4 aromatic rings. The van der Waals surface area contributed by atoms with Gasteiger partial charge in [-0.05, 0) is 43.0 Å². The maximum Gasteiger partial charge on any atom is 0.434 e. The molecule has 3 N–H and O–H groups in total. The summed E-state index contributed by atoms with van der Waals surface area (Å²) in [5.74, 6) is -0.922. The van der Waals surface area contributed by atoms with Gasteiger partial charge in [0.15, 0.2) is 5.69 Å². The first-order chi connectivity index (χ1) is 18.9. The Bertz CT molecular complexity index is 1650. The Morgan fingerprint density at radius 1 is 1.18 bits per heavy atom. The van der Waals surface area contributed by atoms with Crippen LogP contribution in [0.25, 0.3) is 32.6 Å². The molecule has 9 nitrogen and oxygen atoms in total. The molecule has 0 spiro atoms. The van der Waals surface area contributed by atoms with Gasteiger partial charge < -0.3 is 15.0 Å². The maximum absolute atomic E-state index is 13.3. The number of thiazole rings is 1. The van der Waals surface area contributed by atoms with Crippen molar-refractivity contribution in [1.29, 1.82) is 0 Å². The van der Waals surface area contributed by atoms with E-state index in [1.165, 1.54) is 24.5 Å². The molecule has 3 heterocycles. The van der Waals surface area contributed by atoms with Crippen LogP contribution in [0.15, 0.2) is 46.8 Å². The van der Waals surface area contributed by atoms with Crippen molar-refractivity contribution in [2.45, 2.75) is 39.9 Å². The third kappa shape index (κ3) is 6.14. The summed E-state index contributed by atoms with van der Waals surface area (Å²) in [6.45, 7) is 6.57. The van der Waals surface area contributed by atoms with Crippen LogP contribution >= 0.6 is 11.3 Å². The van der Waals surface area contributed by atoms with Crippen molar-refractivity contribution in [2.75, 3.05) is 11.9 Å². The summed E-state index contributed by atoms with van der Waals surface area (Å²) >= 11 is 0.794. The Morgan fingerprint density at radius 3 is 2.55 bits per heavy atom. The number of aryl methyl sites for hydroxylation is 1.